The minimum atomic E-state index is -1.45. The molecule has 0 spiro atoms. The molecule has 1 saturated carbocycles. The van der Waals surface area contributed by atoms with E-state index < -0.39 is 34.9 Å². The summed E-state index contributed by atoms with van der Waals surface area (Å²) in [7, 11) is 0. The maximum absolute atomic E-state index is 14.9. The van der Waals surface area contributed by atoms with Crippen LogP contribution in [-0.4, -0.2) is 31.1 Å². The van der Waals surface area contributed by atoms with Crippen molar-refractivity contribution in [2.75, 3.05) is 0 Å². The lowest BCUT2D eigenvalue weighted by molar-refractivity contribution is -0.138. The van der Waals surface area contributed by atoms with Crippen LogP contribution < -0.4 is 4.74 Å². The fraction of sp³-hybridized carbons (Fsp3) is 0.172. The Hall–Kier alpha value is -4.50. The first kappa shape index (κ1) is 23.9. The maximum atomic E-state index is 14.9. The molecule has 192 valence electrons. The van der Waals surface area contributed by atoms with Gasteiger partial charge in [-0.25, -0.2) is 13.8 Å². The molecular formula is C29H23F2N3O4. The van der Waals surface area contributed by atoms with Crippen molar-refractivity contribution in [3.63, 3.8) is 0 Å². The molecule has 38 heavy (non-hydrogen) atoms. The Morgan fingerprint density at radius 2 is 1.92 bits per heavy atom. The molecule has 0 radical (unpaired) electrons. The van der Waals surface area contributed by atoms with E-state index in [-0.39, 0.29) is 17.1 Å². The molecule has 0 saturated heterocycles. The highest BCUT2D eigenvalue weighted by atomic mass is 19.1. The number of rotatable bonds is 7. The summed E-state index contributed by atoms with van der Waals surface area (Å²) in [5.41, 5.74) is 1.28. The Bertz CT molecular complexity index is 1690. The highest BCUT2D eigenvalue weighted by Crippen LogP contribution is 2.48. The molecule has 2 heterocycles. The normalized spacial score (nSPS) is 18.3. The number of ether oxygens (including phenoxy) is 1. The number of hydrogen-bond acceptors (Lipinski definition) is 4. The Labute approximate surface area is 215 Å². The number of aromatic amines is 2. The highest BCUT2D eigenvalue weighted by Gasteiger charge is 2.44. The van der Waals surface area contributed by atoms with Gasteiger partial charge in [-0.2, -0.15) is 0 Å². The minimum absolute atomic E-state index is 0.0617. The lowest BCUT2D eigenvalue weighted by Gasteiger charge is -2.22. The predicted molar refractivity (Wildman–Crippen MR) is 136 cm³/mol. The number of hydrogen-bond donors (Lipinski definition) is 4. The van der Waals surface area contributed by atoms with Crippen LogP contribution >= 0.6 is 0 Å². The van der Waals surface area contributed by atoms with Gasteiger partial charge >= 0.3 is 5.97 Å². The molecule has 1 aliphatic carbocycles. The standard InChI is InChI=1S/C29H23F2N3O4/c1-29(37,17-6-2-4-15(10-17)20-12-21(20)28(35)36)24-14-33-27(34-24)16-5-3-7-18(11-16)38-26-22(30)13-23-19(25(26)31)8-9-32-23/h2-11,13-14,20-21,32,37H,12H2,1H3,(H,33,34)(H,35,36)/t20-,21+,29?/m0/s1. The molecule has 3 aromatic carbocycles. The molecular weight excluding hydrogens is 492 g/mol. The molecule has 4 N–H and O–H groups in total. The fourth-order valence-electron chi connectivity index (χ4n) is 4.81. The monoisotopic (exact) mass is 515 g/mol. The van der Waals surface area contributed by atoms with Crippen LogP contribution in [0.1, 0.15) is 36.1 Å². The minimum Gasteiger partial charge on any atom is -0.481 e. The first-order valence-corrected chi connectivity index (χ1v) is 12.1. The van der Waals surface area contributed by atoms with Crippen LogP contribution in [0.5, 0.6) is 11.5 Å². The van der Waals surface area contributed by atoms with Gasteiger partial charge in [0.2, 0.25) is 0 Å². The number of nitrogens with one attached hydrogen (secondary N) is 2. The number of carboxylic acid groups (broad SMARTS) is 1. The zero-order valence-corrected chi connectivity index (χ0v) is 20.2. The fourth-order valence-corrected chi connectivity index (χ4v) is 4.81. The predicted octanol–water partition coefficient (Wildman–Crippen LogP) is 6.07. The number of imidazole rings is 1. The largest absolute Gasteiger partial charge is 0.481 e. The van der Waals surface area contributed by atoms with Gasteiger partial charge in [0.15, 0.2) is 17.4 Å². The summed E-state index contributed by atoms with van der Waals surface area (Å²) in [6.07, 6.45) is 3.70. The van der Waals surface area contributed by atoms with E-state index in [9.17, 15) is 23.8 Å². The van der Waals surface area contributed by atoms with Gasteiger partial charge in [-0.05, 0) is 48.6 Å². The number of nitrogens with zero attached hydrogens (tertiary/aromatic N) is 1. The summed E-state index contributed by atoms with van der Waals surface area (Å²) < 4.78 is 35.0. The smallest absolute Gasteiger partial charge is 0.307 e. The van der Waals surface area contributed by atoms with Crippen molar-refractivity contribution in [2.24, 2.45) is 5.92 Å². The summed E-state index contributed by atoms with van der Waals surface area (Å²) in [5, 5.41) is 20.9. The second-order valence-electron chi connectivity index (χ2n) is 9.69. The van der Waals surface area contributed by atoms with E-state index in [1.807, 2.05) is 12.1 Å². The number of carbonyl (C=O) groups is 1. The number of H-pyrrole nitrogens is 2. The molecule has 1 unspecified atom stereocenters. The third-order valence-electron chi connectivity index (χ3n) is 7.09. The summed E-state index contributed by atoms with van der Waals surface area (Å²) in [6.45, 7) is 1.62. The molecule has 5 aromatic rings. The van der Waals surface area contributed by atoms with E-state index in [0.29, 0.717) is 34.6 Å². The summed E-state index contributed by atoms with van der Waals surface area (Å²) in [6, 6.07) is 16.6. The van der Waals surface area contributed by atoms with Crippen LogP contribution in [0.2, 0.25) is 0 Å². The second kappa shape index (κ2) is 8.81. The molecule has 0 bridgehead atoms. The number of halogens is 2. The van der Waals surface area contributed by atoms with E-state index in [2.05, 4.69) is 15.0 Å². The van der Waals surface area contributed by atoms with Crippen molar-refractivity contribution < 1.29 is 28.5 Å². The van der Waals surface area contributed by atoms with Crippen LogP contribution in [0.3, 0.4) is 0 Å². The van der Waals surface area contributed by atoms with Crippen molar-refractivity contribution in [3.05, 3.63) is 102 Å². The van der Waals surface area contributed by atoms with Crippen LogP contribution in [0, 0.1) is 17.6 Å². The van der Waals surface area contributed by atoms with E-state index >= 15 is 0 Å². The summed E-state index contributed by atoms with van der Waals surface area (Å²) in [5.74, 6) is -2.76. The summed E-state index contributed by atoms with van der Waals surface area (Å²) >= 11 is 0. The molecule has 7 nitrogen and oxygen atoms in total. The Kier molecular flexibility index (Phi) is 5.53. The third kappa shape index (κ3) is 4.10. The molecule has 2 aromatic heterocycles. The zero-order chi connectivity index (χ0) is 26.6. The molecule has 1 aliphatic rings. The van der Waals surface area contributed by atoms with Crippen LogP contribution in [-0.2, 0) is 10.4 Å². The number of aromatic nitrogens is 3. The molecule has 1 fully saturated rings. The second-order valence-corrected chi connectivity index (χ2v) is 9.69. The summed E-state index contributed by atoms with van der Waals surface area (Å²) in [4.78, 5) is 21.7. The van der Waals surface area contributed by atoms with Crippen molar-refractivity contribution in [2.45, 2.75) is 24.9 Å². The van der Waals surface area contributed by atoms with E-state index in [1.165, 1.54) is 18.3 Å². The highest BCUT2D eigenvalue weighted by molar-refractivity contribution is 5.82. The van der Waals surface area contributed by atoms with E-state index in [1.54, 1.807) is 49.5 Å². The van der Waals surface area contributed by atoms with Crippen LogP contribution in [0.15, 0.2) is 73.1 Å². The number of fused-ring (bicyclic) bond motifs is 1. The zero-order valence-electron chi connectivity index (χ0n) is 20.2. The van der Waals surface area contributed by atoms with Gasteiger partial charge in [0.1, 0.15) is 17.2 Å². The average Bonchev–Trinajstić information content (AvgIpc) is 3.30. The van der Waals surface area contributed by atoms with Gasteiger partial charge in [-0.1, -0.05) is 36.4 Å². The lowest BCUT2D eigenvalue weighted by atomic mass is 9.91. The Morgan fingerprint density at radius 3 is 2.71 bits per heavy atom. The molecule has 0 amide bonds. The van der Waals surface area contributed by atoms with Crippen molar-refractivity contribution in [1.82, 2.24) is 15.0 Å². The first-order valence-electron chi connectivity index (χ1n) is 12.1. The third-order valence-corrected chi connectivity index (χ3v) is 7.09. The maximum Gasteiger partial charge on any atom is 0.307 e. The Morgan fingerprint density at radius 1 is 1.11 bits per heavy atom. The van der Waals surface area contributed by atoms with Crippen molar-refractivity contribution in [1.29, 1.82) is 0 Å². The quantitative estimate of drug-likeness (QED) is 0.210. The molecule has 6 rings (SSSR count). The van der Waals surface area contributed by atoms with Gasteiger partial charge < -0.3 is 24.9 Å². The number of aliphatic carboxylic acids is 1. The van der Waals surface area contributed by atoms with Gasteiger partial charge in [-0.3, -0.25) is 4.79 Å². The number of benzene rings is 3. The number of carboxylic acids is 1. The van der Waals surface area contributed by atoms with Gasteiger partial charge in [0.25, 0.3) is 0 Å². The van der Waals surface area contributed by atoms with Crippen LogP contribution in [0.25, 0.3) is 22.3 Å². The topological polar surface area (TPSA) is 111 Å². The van der Waals surface area contributed by atoms with Gasteiger partial charge in [0.05, 0.1) is 17.1 Å². The lowest BCUT2D eigenvalue weighted by Crippen LogP contribution is -2.23. The van der Waals surface area contributed by atoms with Crippen molar-refractivity contribution in [3.8, 4) is 22.9 Å². The average molecular weight is 516 g/mol. The van der Waals surface area contributed by atoms with Crippen LogP contribution in [0.4, 0.5) is 8.78 Å². The van der Waals surface area contributed by atoms with Gasteiger partial charge in [-0.15, -0.1) is 0 Å². The van der Waals surface area contributed by atoms with Crippen molar-refractivity contribution >= 4 is 16.9 Å². The van der Waals surface area contributed by atoms with Gasteiger partial charge in [0, 0.05) is 29.4 Å². The number of aliphatic hydroxyl groups is 1. The molecule has 9 heteroatoms. The first-order chi connectivity index (χ1) is 18.2. The van der Waals surface area contributed by atoms with E-state index in [4.69, 9.17) is 4.74 Å². The van der Waals surface area contributed by atoms with E-state index in [0.717, 1.165) is 5.56 Å². The molecule has 0 aliphatic heterocycles. The Balaban J connectivity index is 1.26. The SMILES string of the molecule is CC(O)(c1cccc([C@@H]2C[C@H]2C(=O)O)c1)c1c[nH]c(-c2cccc(Oc3c(F)cc4[nH]ccc4c3F)c2)n1. The molecule has 3 atom stereocenters.